The van der Waals surface area contributed by atoms with Crippen molar-refractivity contribution in [2.75, 3.05) is 38.0 Å². The van der Waals surface area contributed by atoms with E-state index in [1.807, 2.05) is 4.90 Å². The molecule has 1 N–H and O–H groups in total. The zero-order valence-corrected chi connectivity index (χ0v) is 17.0. The van der Waals surface area contributed by atoms with E-state index in [1.54, 1.807) is 29.2 Å². The maximum absolute atomic E-state index is 13.0. The maximum Gasteiger partial charge on any atom is 0.418 e. The lowest BCUT2D eigenvalue weighted by Crippen LogP contribution is -2.50. The molecule has 1 saturated heterocycles. The molecule has 0 unspecified atom stereocenters. The highest BCUT2D eigenvalue weighted by Crippen LogP contribution is 2.34. The van der Waals surface area contributed by atoms with Gasteiger partial charge in [-0.3, -0.25) is 14.5 Å². The highest BCUT2D eigenvalue weighted by molar-refractivity contribution is 9.10. The van der Waals surface area contributed by atoms with Crippen LogP contribution in [0.3, 0.4) is 0 Å². The SMILES string of the molecule is O=C(CN1CCN(C(=O)c2ccc(Br)cc2)CC1)Nc1ccccc1C(F)(F)F. The third kappa shape index (κ3) is 5.57. The van der Waals surface area contributed by atoms with Crippen LogP contribution >= 0.6 is 15.9 Å². The maximum atomic E-state index is 13.0. The van der Waals surface area contributed by atoms with Crippen molar-refractivity contribution in [3.8, 4) is 0 Å². The number of hydrogen-bond acceptors (Lipinski definition) is 3. The second-order valence-corrected chi connectivity index (χ2v) is 7.58. The standard InChI is InChI=1S/C20H19BrF3N3O2/c21-15-7-5-14(6-8-15)19(29)27-11-9-26(10-12-27)13-18(28)25-17-4-2-1-3-16(17)20(22,23)24/h1-8H,9-13H2,(H,25,28). The molecule has 1 aliphatic heterocycles. The molecule has 0 saturated carbocycles. The van der Waals surface area contributed by atoms with Crippen molar-refractivity contribution >= 4 is 33.4 Å². The van der Waals surface area contributed by atoms with Crippen LogP contribution in [0.1, 0.15) is 15.9 Å². The summed E-state index contributed by atoms with van der Waals surface area (Å²) in [6.07, 6.45) is -4.54. The summed E-state index contributed by atoms with van der Waals surface area (Å²) in [5.74, 6) is -0.602. The van der Waals surface area contributed by atoms with E-state index in [2.05, 4.69) is 21.2 Å². The van der Waals surface area contributed by atoms with Gasteiger partial charge < -0.3 is 10.2 Å². The minimum absolute atomic E-state index is 0.0352. The zero-order chi connectivity index (χ0) is 21.0. The number of para-hydroxylation sites is 1. The van der Waals surface area contributed by atoms with E-state index in [9.17, 15) is 22.8 Å². The summed E-state index contributed by atoms with van der Waals surface area (Å²) in [6.45, 7) is 1.79. The molecule has 0 bridgehead atoms. The van der Waals surface area contributed by atoms with Crippen LogP contribution in [0.4, 0.5) is 18.9 Å². The molecule has 29 heavy (non-hydrogen) atoms. The van der Waals surface area contributed by atoms with Gasteiger partial charge in [0.15, 0.2) is 0 Å². The van der Waals surface area contributed by atoms with Gasteiger partial charge in [0.1, 0.15) is 0 Å². The summed E-state index contributed by atoms with van der Waals surface area (Å²) in [4.78, 5) is 28.3. The van der Waals surface area contributed by atoms with Crippen molar-refractivity contribution < 1.29 is 22.8 Å². The fourth-order valence-corrected chi connectivity index (χ4v) is 3.38. The Morgan fingerprint density at radius 1 is 0.966 bits per heavy atom. The first-order chi connectivity index (χ1) is 13.7. The van der Waals surface area contributed by atoms with Gasteiger partial charge in [-0.25, -0.2) is 0 Å². The van der Waals surface area contributed by atoms with Crippen molar-refractivity contribution in [1.29, 1.82) is 0 Å². The Balaban J connectivity index is 1.53. The Morgan fingerprint density at radius 2 is 1.59 bits per heavy atom. The lowest BCUT2D eigenvalue weighted by Gasteiger charge is -2.34. The topological polar surface area (TPSA) is 52.7 Å². The van der Waals surface area contributed by atoms with Gasteiger partial charge in [0.05, 0.1) is 17.8 Å². The number of carbonyl (C=O) groups excluding carboxylic acids is 2. The Bertz CT molecular complexity index is 879. The van der Waals surface area contributed by atoms with Crippen LogP contribution in [0.15, 0.2) is 53.0 Å². The molecule has 0 radical (unpaired) electrons. The summed E-state index contributed by atoms with van der Waals surface area (Å²) in [7, 11) is 0. The summed E-state index contributed by atoms with van der Waals surface area (Å²) in [5.41, 5.74) is -0.546. The summed E-state index contributed by atoms with van der Waals surface area (Å²) < 4.78 is 40.0. The average Bonchev–Trinajstić information content (AvgIpc) is 2.68. The first kappa shape index (κ1) is 21.3. The van der Waals surface area contributed by atoms with E-state index in [4.69, 9.17) is 0 Å². The van der Waals surface area contributed by atoms with Crippen LogP contribution in [-0.4, -0.2) is 54.3 Å². The van der Waals surface area contributed by atoms with E-state index in [-0.39, 0.29) is 18.1 Å². The normalized spacial score (nSPS) is 15.2. The molecule has 0 aromatic heterocycles. The first-order valence-corrected chi connectivity index (χ1v) is 9.76. The van der Waals surface area contributed by atoms with E-state index in [0.29, 0.717) is 31.7 Å². The molecular formula is C20H19BrF3N3O2. The van der Waals surface area contributed by atoms with E-state index in [1.165, 1.54) is 18.2 Å². The van der Waals surface area contributed by atoms with Crippen LogP contribution in [0, 0.1) is 0 Å². The molecule has 0 spiro atoms. The van der Waals surface area contributed by atoms with Gasteiger partial charge in [-0.1, -0.05) is 28.1 Å². The van der Waals surface area contributed by atoms with Crippen LogP contribution in [0.5, 0.6) is 0 Å². The zero-order valence-electron chi connectivity index (χ0n) is 15.4. The van der Waals surface area contributed by atoms with E-state index >= 15 is 0 Å². The van der Waals surface area contributed by atoms with Gasteiger partial charge in [-0.15, -0.1) is 0 Å². The number of hydrogen-bond donors (Lipinski definition) is 1. The molecule has 2 amide bonds. The molecule has 2 aromatic carbocycles. The average molecular weight is 470 g/mol. The molecule has 1 aliphatic rings. The Morgan fingerprint density at radius 3 is 2.21 bits per heavy atom. The minimum atomic E-state index is -4.54. The van der Waals surface area contributed by atoms with Gasteiger partial charge in [0.2, 0.25) is 5.91 Å². The van der Waals surface area contributed by atoms with E-state index in [0.717, 1.165) is 10.5 Å². The van der Waals surface area contributed by atoms with Crippen molar-refractivity contribution in [2.45, 2.75) is 6.18 Å². The number of benzene rings is 2. The van der Waals surface area contributed by atoms with Crippen molar-refractivity contribution in [3.05, 3.63) is 64.1 Å². The minimum Gasteiger partial charge on any atom is -0.336 e. The van der Waals surface area contributed by atoms with Crippen LogP contribution < -0.4 is 5.32 Å². The number of rotatable bonds is 4. The van der Waals surface area contributed by atoms with Crippen molar-refractivity contribution in [1.82, 2.24) is 9.80 Å². The number of piperazine rings is 1. The molecule has 1 fully saturated rings. The predicted octanol–water partition coefficient (Wildman–Crippen LogP) is 3.86. The third-order valence-electron chi connectivity index (χ3n) is 4.62. The molecule has 2 aromatic rings. The monoisotopic (exact) mass is 469 g/mol. The van der Waals surface area contributed by atoms with Crippen LogP contribution in [-0.2, 0) is 11.0 Å². The van der Waals surface area contributed by atoms with Gasteiger partial charge in [0.25, 0.3) is 5.91 Å². The number of halogens is 4. The number of nitrogens with zero attached hydrogens (tertiary/aromatic N) is 2. The molecule has 5 nitrogen and oxygen atoms in total. The Labute approximate surface area is 174 Å². The number of alkyl halides is 3. The summed E-state index contributed by atoms with van der Waals surface area (Å²) >= 11 is 3.33. The summed E-state index contributed by atoms with van der Waals surface area (Å²) in [6, 6.07) is 12.0. The number of carbonyl (C=O) groups is 2. The third-order valence-corrected chi connectivity index (χ3v) is 5.15. The van der Waals surface area contributed by atoms with Crippen LogP contribution in [0.2, 0.25) is 0 Å². The Hall–Kier alpha value is -2.39. The van der Waals surface area contributed by atoms with Gasteiger partial charge in [-0.05, 0) is 36.4 Å². The molecule has 0 aliphatic carbocycles. The number of nitrogens with one attached hydrogen (secondary N) is 1. The lowest BCUT2D eigenvalue weighted by molar-refractivity contribution is -0.137. The fraction of sp³-hybridized carbons (Fsp3) is 0.300. The van der Waals surface area contributed by atoms with Crippen LogP contribution in [0.25, 0.3) is 0 Å². The predicted molar refractivity (Wildman–Crippen MR) is 107 cm³/mol. The molecule has 0 atom stereocenters. The second-order valence-electron chi connectivity index (χ2n) is 6.67. The molecule has 9 heteroatoms. The first-order valence-electron chi connectivity index (χ1n) is 8.97. The molecule has 1 heterocycles. The summed E-state index contributed by atoms with van der Waals surface area (Å²) in [5, 5.41) is 2.34. The number of amides is 2. The van der Waals surface area contributed by atoms with Crippen molar-refractivity contribution in [3.63, 3.8) is 0 Å². The highest BCUT2D eigenvalue weighted by atomic mass is 79.9. The smallest absolute Gasteiger partial charge is 0.336 e. The molecule has 154 valence electrons. The van der Waals surface area contributed by atoms with Crippen molar-refractivity contribution in [2.24, 2.45) is 0 Å². The quantitative estimate of drug-likeness (QED) is 0.739. The largest absolute Gasteiger partial charge is 0.418 e. The van der Waals surface area contributed by atoms with Gasteiger partial charge >= 0.3 is 6.18 Å². The Kier molecular flexibility index (Phi) is 6.59. The van der Waals surface area contributed by atoms with Gasteiger partial charge in [0, 0.05) is 36.2 Å². The number of anilines is 1. The highest BCUT2D eigenvalue weighted by Gasteiger charge is 2.33. The molecule has 3 rings (SSSR count). The fourth-order valence-electron chi connectivity index (χ4n) is 3.12. The lowest BCUT2D eigenvalue weighted by atomic mass is 10.1. The molecular weight excluding hydrogens is 451 g/mol. The van der Waals surface area contributed by atoms with E-state index < -0.39 is 17.6 Å². The van der Waals surface area contributed by atoms with Gasteiger partial charge in [-0.2, -0.15) is 13.2 Å². The second kappa shape index (κ2) is 8.96.